The Morgan fingerprint density at radius 1 is 0.844 bits per heavy atom. The van der Waals surface area contributed by atoms with Crippen molar-refractivity contribution in [2.24, 2.45) is 0 Å². The molecule has 0 aliphatic rings. The first kappa shape index (κ1) is 23.1. The fourth-order valence-electron chi connectivity index (χ4n) is 2.65. The Kier molecular flexibility index (Phi) is 6.68. The number of halogens is 4. The molecule has 0 unspecified atom stereocenters. The maximum Gasteiger partial charge on any atom is 0.405 e. The molecule has 32 heavy (non-hydrogen) atoms. The van der Waals surface area contributed by atoms with E-state index in [-0.39, 0.29) is 27.5 Å². The van der Waals surface area contributed by atoms with Crippen LogP contribution in [0, 0.1) is 5.82 Å². The lowest BCUT2D eigenvalue weighted by atomic mass is 10.2. The number of nitrogens with one attached hydrogen (secondary N) is 3. The lowest BCUT2D eigenvalue weighted by Crippen LogP contribution is -2.22. The van der Waals surface area contributed by atoms with Gasteiger partial charge in [0.05, 0.1) is 16.3 Å². The van der Waals surface area contributed by atoms with E-state index in [1.54, 1.807) is 6.07 Å². The van der Waals surface area contributed by atoms with Gasteiger partial charge in [-0.1, -0.05) is 12.1 Å². The second kappa shape index (κ2) is 9.27. The highest BCUT2D eigenvalue weighted by Gasteiger charge is 2.27. The van der Waals surface area contributed by atoms with Gasteiger partial charge in [-0.15, -0.1) is 0 Å². The zero-order chi connectivity index (χ0) is 23.4. The van der Waals surface area contributed by atoms with E-state index < -0.39 is 34.5 Å². The van der Waals surface area contributed by atoms with Crippen molar-refractivity contribution < 1.29 is 30.8 Å². The van der Waals surface area contributed by atoms with Crippen LogP contribution in [0.4, 0.5) is 34.6 Å². The molecule has 3 rings (SSSR count). The number of benzene rings is 3. The largest absolute Gasteiger partial charge is 0.405 e. The molecular weight excluding hydrogens is 450 g/mol. The summed E-state index contributed by atoms with van der Waals surface area (Å²) < 4.78 is 77.4. The van der Waals surface area contributed by atoms with Crippen molar-refractivity contribution in [2.75, 3.05) is 21.9 Å². The molecule has 0 bridgehead atoms. The maximum absolute atomic E-state index is 13.0. The molecule has 0 fully saturated rings. The zero-order valence-corrected chi connectivity index (χ0v) is 17.1. The lowest BCUT2D eigenvalue weighted by Gasteiger charge is -2.14. The Morgan fingerprint density at radius 3 is 2.03 bits per heavy atom. The van der Waals surface area contributed by atoms with Crippen molar-refractivity contribution in [1.29, 1.82) is 0 Å². The minimum atomic E-state index is -4.42. The number of rotatable bonds is 7. The molecule has 6 nitrogen and oxygen atoms in total. The SMILES string of the molecule is O=C(Nc1ccccc1NCC(F)(F)F)c1ccc(NS(=O)(=O)c2ccc(F)cc2)cc1. The van der Waals surface area contributed by atoms with Gasteiger partial charge < -0.3 is 10.6 Å². The average molecular weight is 467 g/mol. The minimum absolute atomic E-state index is 0.0989. The quantitative estimate of drug-likeness (QED) is 0.434. The summed E-state index contributed by atoms with van der Waals surface area (Å²) in [5.74, 6) is -1.17. The highest BCUT2D eigenvalue weighted by molar-refractivity contribution is 7.92. The van der Waals surface area contributed by atoms with Crippen LogP contribution in [0.1, 0.15) is 10.4 Å². The number of carbonyl (C=O) groups is 1. The third-order valence-electron chi connectivity index (χ3n) is 4.18. The average Bonchev–Trinajstić information content (AvgIpc) is 2.73. The predicted molar refractivity (Wildman–Crippen MR) is 113 cm³/mol. The van der Waals surface area contributed by atoms with Gasteiger partial charge in [0.25, 0.3) is 15.9 Å². The molecule has 0 aliphatic carbocycles. The van der Waals surface area contributed by atoms with Crippen molar-refractivity contribution in [2.45, 2.75) is 11.1 Å². The van der Waals surface area contributed by atoms with Crippen LogP contribution in [0.5, 0.6) is 0 Å². The number of alkyl halides is 3. The Labute approximate surface area is 181 Å². The fourth-order valence-corrected chi connectivity index (χ4v) is 3.71. The van der Waals surface area contributed by atoms with E-state index in [0.717, 1.165) is 24.3 Å². The number of hydrogen-bond donors (Lipinski definition) is 3. The molecule has 0 radical (unpaired) electrons. The van der Waals surface area contributed by atoms with E-state index in [1.807, 2.05) is 0 Å². The van der Waals surface area contributed by atoms with E-state index in [0.29, 0.717) is 0 Å². The molecule has 0 spiro atoms. The van der Waals surface area contributed by atoms with Gasteiger partial charge in [0.15, 0.2) is 0 Å². The van der Waals surface area contributed by atoms with Gasteiger partial charge in [-0.05, 0) is 60.7 Å². The molecule has 0 heterocycles. The minimum Gasteiger partial charge on any atom is -0.375 e. The summed E-state index contributed by atoms with van der Waals surface area (Å²) in [4.78, 5) is 12.3. The Bertz CT molecular complexity index is 1200. The summed E-state index contributed by atoms with van der Waals surface area (Å²) in [6.07, 6.45) is -4.42. The molecule has 3 N–H and O–H groups in total. The van der Waals surface area contributed by atoms with Crippen LogP contribution in [-0.2, 0) is 10.0 Å². The molecule has 11 heteroatoms. The zero-order valence-electron chi connectivity index (χ0n) is 16.3. The molecule has 0 saturated carbocycles. The highest BCUT2D eigenvalue weighted by atomic mass is 32.2. The van der Waals surface area contributed by atoms with Gasteiger partial charge in [-0.3, -0.25) is 9.52 Å². The van der Waals surface area contributed by atoms with Crippen LogP contribution in [0.2, 0.25) is 0 Å². The van der Waals surface area contributed by atoms with Gasteiger partial charge in [0.1, 0.15) is 12.4 Å². The van der Waals surface area contributed by atoms with Crippen LogP contribution in [0.25, 0.3) is 0 Å². The number of amides is 1. The van der Waals surface area contributed by atoms with Crippen molar-refractivity contribution in [3.63, 3.8) is 0 Å². The van der Waals surface area contributed by atoms with Crippen molar-refractivity contribution in [3.8, 4) is 0 Å². The first-order valence-electron chi connectivity index (χ1n) is 9.13. The highest BCUT2D eigenvalue weighted by Crippen LogP contribution is 2.24. The summed E-state index contributed by atoms with van der Waals surface area (Å²) in [7, 11) is -3.95. The van der Waals surface area contributed by atoms with E-state index in [4.69, 9.17) is 0 Å². The van der Waals surface area contributed by atoms with E-state index in [9.17, 15) is 30.8 Å². The third-order valence-corrected chi connectivity index (χ3v) is 5.57. The first-order chi connectivity index (χ1) is 15.0. The number of para-hydroxylation sites is 2. The molecule has 3 aromatic carbocycles. The number of hydrogen-bond acceptors (Lipinski definition) is 4. The number of carbonyl (C=O) groups excluding carboxylic acids is 1. The molecule has 3 aromatic rings. The smallest absolute Gasteiger partial charge is 0.375 e. The summed E-state index contributed by atoms with van der Waals surface area (Å²) in [5.41, 5.74) is 0.572. The standard InChI is InChI=1S/C21H17F4N3O3S/c22-15-7-11-17(12-8-15)32(30,31)28-16-9-5-14(6-10-16)20(29)27-19-4-2-1-3-18(19)26-13-21(23,24)25/h1-12,26,28H,13H2,(H,27,29). The van der Waals surface area contributed by atoms with Gasteiger partial charge >= 0.3 is 6.18 Å². The van der Waals surface area contributed by atoms with Crippen molar-refractivity contribution in [1.82, 2.24) is 0 Å². The van der Waals surface area contributed by atoms with Crippen LogP contribution >= 0.6 is 0 Å². The molecule has 1 amide bonds. The summed E-state index contributed by atoms with van der Waals surface area (Å²) >= 11 is 0. The second-order valence-corrected chi connectivity index (χ2v) is 8.29. The van der Waals surface area contributed by atoms with Crippen LogP contribution in [0.3, 0.4) is 0 Å². The maximum atomic E-state index is 13.0. The molecule has 0 aliphatic heterocycles. The fraction of sp³-hybridized carbons (Fsp3) is 0.0952. The summed E-state index contributed by atoms with van der Waals surface area (Å²) in [5, 5.41) is 4.74. The molecular formula is C21H17F4N3O3S. The van der Waals surface area contributed by atoms with Crippen LogP contribution in [0.15, 0.2) is 77.7 Å². The normalized spacial score (nSPS) is 11.6. The van der Waals surface area contributed by atoms with Gasteiger partial charge in [-0.25, -0.2) is 12.8 Å². The number of sulfonamides is 1. The predicted octanol–water partition coefficient (Wildman–Crippen LogP) is 4.85. The molecule has 0 atom stereocenters. The van der Waals surface area contributed by atoms with Crippen molar-refractivity contribution >= 4 is 33.0 Å². The summed E-state index contributed by atoms with van der Waals surface area (Å²) in [6.45, 7) is -1.26. The number of anilines is 3. The van der Waals surface area contributed by atoms with E-state index in [1.165, 1.54) is 42.5 Å². The second-order valence-electron chi connectivity index (χ2n) is 6.61. The van der Waals surface area contributed by atoms with Crippen LogP contribution in [-0.4, -0.2) is 27.0 Å². The van der Waals surface area contributed by atoms with Gasteiger partial charge in [0.2, 0.25) is 0 Å². The first-order valence-corrected chi connectivity index (χ1v) is 10.6. The van der Waals surface area contributed by atoms with Crippen LogP contribution < -0.4 is 15.4 Å². The van der Waals surface area contributed by atoms with Crippen molar-refractivity contribution in [3.05, 3.63) is 84.2 Å². The van der Waals surface area contributed by atoms with E-state index >= 15 is 0 Å². The lowest BCUT2D eigenvalue weighted by molar-refractivity contribution is -0.115. The summed E-state index contributed by atoms with van der Waals surface area (Å²) in [6, 6.07) is 15.6. The molecule has 168 valence electrons. The Morgan fingerprint density at radius 2 is 1.44 bits per heavy atom. The molecule has 0 aromatic heterocycles. The van der Waals surface area contributed by atoms with Gasteiger partial charge in [0, 0.05) is 11.3 Å². The van der Waals surface area contributed by atoms with E-state index in [2.05, 4.69) is 15.4 Å². The Balaban J connectivity index is 1.69. The topological polar surface area (TPSA) is 87.3 Å². The molecule has 0 saturated heterocycles. The third kappa shape index (κ3) is 6.20. The Hall–Kier alpha value is -3.60. The monoisotopic (exact) mass is 467 g/mol. The van der Waals surface area contributed by atoms with Gasteiger partial charge in [-0.2, -0.15) is 13.2 Å².